The molecule has 0 aliphatic carbocycles. The number of fused-ring (bicyclic) bond motifs is 3. The summed E-state index contributed by atoms with van der Waals surface area (Å²) < 4.78 is 3.03. The summed E-state index contributed by atoms with van der Waals surface area (Å²) in [4.78, 5) is 11.5. The van der Waals surface area contributed by atoms with E-state index >= 15 is 0 Å². The zero-order chi connectivity index (χ0) is 9.71. The Kier molecular flexibility index (Phi) is 1.36. The van der Waals surface area contributed by atoms with Gasteiger partial charge in [-0.05, 0) is 11.4 Å². The number of rotatable bonds is 0. The molecule has 0 unspecified atom stereocenters. The maximum Gasteiger partial charge on any atom is 0.288 e. The third kappa shape index (κ3) is 0.773. The minimum Gasteiger partial charge on any atom is -0.338 e. The van der Waals surface area contributed by atoms with Gasteiger partial charge in [0.2, 0.25) is 0 Å². The molecule has 3 rings (SSSR count). The molecule has 4 nitrogen and oxygen atoms in total. The van der Waals surface area contributed by atoms with Crippen molar-refractivity contribution in [3.05, 3.63) is 28.0 Å². The Hall–Kier alpha value is -1.62. The van der Waals surface area contributed by atoms with E-state index in [0.717, 1.165) is 15.6 Å². The SMILES string of the molecule is Cn1c2ccsc2c2cn[nH]c(=O)c21. The van der Waals surface area contributed by atoms with Crippen LogP contribution >= 0.6 is 11.3 Å². The Labute approximate surface area is 82.8 Å². The minimum absolute atomic E-state index is 0.131. The smallest absolute Gasteiger partial charge is 0.288 e. The van der Waals surface area contributed by atoms with Gasteiger partial charge in [0, 0.05) is 12.4 Å². The molecule has 3 aromatic rings. The summed E-state index contributed by atoms with van der Waals surface area (Å²) in [7, 11) is 1.90. The lowest BCUT2D eigenvalue weighted by Crippen LogP contribution is -2.10. The molecule has 1 N–H and O–H groups in total. The van der Waals surface area contributed by atoms with Crippen molar-refractivity contribution in [3.63, 3.8) is 0 Å². The molecule has 0 radical (unpaired) electrons. The third-order valence-corrected chi connectivity index (χ3v) is 3.35. The Balaban J connectivity index is 2.78. The van der Waals surface area contributed by atoms with Gasteiger partial charge in [-0.3, -0.25) is 4.79 Å². The van der Waals surface area contributed by atoms with Gasteiger partial charge in [-0.1, -0.05) is 0 Å². The van der Waals surface area contributed by atoms with Crippen LogP contribution in [0.3, 0.4) is 0 Å². The second-order valence-electron chi connectivity index (χ2n) is 3.16. The first-order valence-electron chi connectivity index (χ1n) is 4.18. The average molecular weight is 205 g/mol. The molecule has 5 heteroatoms. The third-order valence-electron chi connectivity index (χ3n) is 2.42. The van der Waals surface area contributed by atoms with Crippen LogP contribution in [0, 0.1) is 0 Å². The highest BCUT2D eigenvalue weighted by Gasteiger charge is 2.11. The fraction of sp³-hybridized carbons (Fsp3) is 0.111. The maximum atomic E-state index is 11.5. The molecule has 3 heterocycles. The first-order chi connectivity index (χ1) is 6.79. The molecule has 0 atom stereocenters. The molecule has 0 saturated heterocycles. The summed E-state index contributed by atoms with van der Waals surface area (Å²) in [5, 5.41) is 9.21. The monoisotopic (exact) mass is 205 g/mol. The topological polar surface area (TPSA) is 50.7 Å². The van der Waals surface area contributed by atoms with E-state index in [2.05, 4.69) is 10.2 Å². The summed E-state index contributed by atoms with van der Waals surface area (Å²) >= 11 is 1.63. The van der Waals surface area contributed by atoms with Crippen molar-refractivity contribution in [2.75, 3.05) is 0 Å². The minimum atomic E-state index is -0.131. The second-order valence-corrected chi connectivity index (χ2v) is 4.07. The van der Waals surface area contributed by atoms with Crippen LogP contribution in [-0.4, -0.2) is 14.8 Å². The molecule has 0 aliphatic rings. The standard InChI is InChI=1S/C9H7N3OS/c1-12-6-2-3-14-8(6)5-4-10-11-9(13)7(5)12/h2-4H,1H3,(H,11,13). The average Bonchev–Trinajstić information content (AvgIpc) is 2.71. The lowest BCUT2D eigenvalue weighted by atomic mass is 10.3. The highest BCUT2D eigenvalue weighted by molar-refractivity contribution is 7.18. The van der Waals surface area contributed by atoms with E-state index in [9.17, 15) is 4.79 Å². The van der Waals surface area contributed by atoms with E-state index in [4.69, 9.17) is 0 Å². The Bertz CT molecular complexity index is 676. The highest BCUT2D eigenvalue weighted by Crippen LogP contribution is 2.29. The lowest BCUT2D eigenvalue weighted by molar-refractivity contribution is 0.959. The van der Waals surface area contributed by atoms with Crippen molar-refractivity contribution < 1.29 is 0 Å². The first-order valence-corrected chi connectivity index (χ1v) is 5.06. The van der Waals surface area contributed by atoms with E-state index in [1.165, 1.54) is 0 Å². The maximum absolute atomic E-state index is 11.5. The predicted molar refractivity (Wildman–Crippen MR) is 56.7 cm³/mol. The molecular weight excluding hydrogens is 198 g/mol. The Morgan fingerprint density at radius 1 is 1.57 bits per heavy atom. The molecule has 0 aliphatic heterocycles. The van der Waals surface area contributed by atoms with Gasteiger partial charge in [0.05, 0.1) is 16.4 Å². The number of hydrogen-bond acceptors (Lipinski definition) is 3. The quantitative estimate of drug-likeness (QED) is 0.604. The number of nitrogens with zero attached hydrogens (tertiary/aromatic N) is 2. The van der Waals surface area contributed by atoms with E-state index in [1.54, 1.807) is 17.5 Å². The number of thiophene rings is 1. The van der Waals surface area contributed by atoms with Gasteiger partial charge in [-0.25, -0.2) is 5.10 Å². The summed E-state index contributed by atoms with van der Waals surface area (Å²) in [5.41, 5.74) is 1.65. The molecule has 0 amide bonds. The number of H-pyrrole nitrogens is 1. The zero-order valence-electron chi connectivity index (χ0n) is 7.44. The predicted octanol–water partition coefficient (Wildman–Crippen LogP) is 1.48. The lowest BCUT2D eigenvalue weighted by Gasteiger charge is -1.93. The summed E-state index contributed by atoms with van der Waals surface area (Å²) in [6, 6.07) is 2.01. The number of hydrogen-bond donors (Lipinski definition) is 1. The Morgan fingerprint density at radius 3 is 3.29 bits per heavy atom. The Morgan fingerprint density at radius 2 is 2.43 bits per heavy atom. The molecule has 0 fully saturated rings. The molecule has 0 aromatic carbocycles. The van der Waals surface area contributed by atoms with Crippen LogP contribution in [-0.2, 0) is 7.05 Å². The van der Waals surface area contributed by atoms with Crippen LogP contribution in [0.1, 0.15) is 0 Å². The fourth-order valence-corrected chi connectivity index (χ4v) is 2.71. The van der Waals surface area contributed by atoms with Gasteiger partial charge in [0.1, 0.15) is 5.52 Å². The number of aromatic amines is 1. The van der Waals surface area contributed by atoms with E-state index in [1.807, 2.05) is 23.1 Å². The van der Waals surface area contributed by atoms with Gasteiger partial charge in [-0.2, -0.15) is 5.10 Å². The van der Waals surface area contributed by atoms with Crippen molar-refractivity contribution >= 4 is 32.5 Å². The summed E-state index contributed by atoms with van der Waals surface area (Å²) in [6.07, 6.45) is 1.70. The van der Waals surface area contributed by atoms with E-state index < -0.39 is 0 Å². The number of aryl methyl sites for hydroxylation is 1. The zero-order valence-corrected chi connectivity index (χ0v) is 8.26. The van der Waals surface area contributed by atoms with Crippen molar-refractivity contribution in [1.29, 1.82) is 0 Å². The fourth-order valence-electron chi connectivity index (χ4n) is 1.78. The molecule has 0 spiro atoms. The van der Waals surface area contributed by atoms with Crippen LogP contribution in [0.25, 0.3) is 21.1 Å². The summed E-state index contributed by atoms with van der Waals surface area (Å²) in [5.74, 6) is 0. The molecule has 0 bridgehead atoms. The van der Waals surface area contributed by atoms with Crippen molar-refractivity contribution in [1.82, 2.24) is 14.8 Å². The van der Waals surface area contributed by atoms with Crippen LogP contribution in [0.15, 0.2) is 22.4 Å². The summed E-state index contributed by atoms with van der Waals surface area (Å²) in [6.45, 7) is 0. The van der Waals surface area contributed by atoms with Gasteiger partial charge in [0.15, 0.2) is 0 Å². The van der Waals surface area contributed by atoms with Crippen LogP contribution in [0.5, 0.6) is 0 Å². The van der Waals surface area contributed by atoms with Crippen LogP contribution in [0.2, 0.25) is 0 Å². The van der Waals surface area contributed by atoms with Gasteiger partial charge >= 0.3 is 0 Å². The molecule has 14 heavy (non-hydrogen) atoms. The molecule has 70 valence electrons. The molecular formula is C9H7N3OS. The van der Waals surface area contributed by atoms with Crippen LogP contribution in [0.4, 0.5) is 0 Å². The normalized spacial score (nSPS) is 11.5. The number of nitrogens with one attached hydrogen (secondary N) is 1. The van der Waals surface area contributed by atoms with Gasteiger partial charge < -0.3 is 4.57 Å². The van der Waals surface area contributed by atoms with Crippen molar-refractivity contribution in [2.45, 2.75) is 0 Å². The van der Waals surface area contributed by atoms with Crippen molar-refractivity contribution in [2.24, 2.45) is 7.05 Å². The number of aromatic nitrogens is 3. The van der Waals surface area contributed by atoms with Crippen molar-refractivity contribution in [3.8, 4) is 0 Å². The van der Waals surface area contributed by atoms with Gasteiger partial charge in [-0.15, -0.1) is 11.3 Å². The van der Waals surface area contributed by atoms with Crippen LogP contribution < -0.4 is 5.56 Å². The van der Waals surface area contributed by atoms with E-state index in [0.29, 0.717) is 5.52 Å². The molecule has 3 aromatic heterocycles. The van der Waals surface area contributed by atoms with Gasteiger partial charge in [0.25, 0.3) is 5.56 Å². The first kappa shape index (κ1) is 7.75. The molecule has 0 saturated carbocycles. The second kappa shape index (κ2) is 2.45. The largest absolute Gasteiger partial charge is 0.338 e. The highest BCUT2D eigenvalue weighted by atomic mass is 32.1. The van der Waals surface area contributed by atoms with E-state index in [-0.39, 0.29) is 5.56 Å².